The van der Waals surface area contributed by atoms with Gasteiger partial charge >= 0.3 is 6.18 Å². The van der Waals surface area contributed by atoms with E-state index in [2.05, 4.69) is 24.6 Å². The molecule has 0 amide bonds. The van der Waals surface area contributed by atoms with Crippen LogP contribution in [0.1, 0.15) is 5.56 Å². The van der Waals surface area contributed by atoms with Gasteiger partial charge in [-0.05, 0) is 5.56 Å². The van der Waals surface area contributed by atoms with Crippen LogP contribution in [0.15, 0.2) is 34.9 Å². The van der Waals surface area contributed by atoms with Crippen LogP contribution in [0.2, 0.25) is 0 Å². The van der Waals surface area contributed by atoms with Crippen molar-refractivity contribution < 1.29 is 17.9 Å². The van der Waals surface area contributed by atoms with Crippen LogP contribution in [0.4, 0.5) is 18.3 Å². The number of aliphatic imine (C=N–C) groups is 1. The molecule has 1 fully saturated rings. The molecule has 0 bridgehead atoms. The first-order valence-electron chi connectivity index (χ1n) is 8.24. The van der Waals surface area contributed by atoms with Gasteiger partial charge in [0.1, 0.15) is 0 Å². The number of aromatic nitrogens is 2. The van der Waals surface area contributed by atoms with Gasteiger partial charge < -0.3 is 20.3 Å². The van der Waals surface area contributed by atoms with Crippen LogP contribution < -0.4 is 15.4 Å². The van der Waals surface area contributed by atoms with Gasteiger partial charge in [0, 0.05) is 50.0 Å². The summed E-state index contributed by atoms with van der Waals surface area (Å²) in [6.07, 6.45) is -1.17. The number of nitrogens with two attached hydrogens (primary N) is 1. The minimum absolute atomic E-state index is 0. The third-order valence-electron chi connectivity index (χ3n) is 3.90. The number of thiazole rings is 1. The summed E-state index contributed by atoms with van der Waals surface area (Å²) in [4.78, 5) is 16.7. The second-order valence-electron chi connectivity index (χ2n) is 5.87. The Morgan fingerprint density at radius 2 is 1.96 bits per heavy atom. The number of anilines is 1. The molecule has 12 heteroatoms. The van der Waals surface area contributed by atoms with Gasteiger partial charge in [-0.25, -0.2) is 15.0 Å². The standard InChI is InChI=1S/C16H19F3N6OS.HI/c17-16(18,19)11-26-13-2-1-12(9-22-13)10-23-14(20)24-4-6-25(7-5-24)15-21-3-8-27-15;/h1-3,8-9H,4-7,10-11H2,(H2,20,23);1H. The van der Waals surface area contributed by atoms with Crippen molar-refractivity contribution >= 4 is 46.4 Å². The molecule has 7 nitrogen and oxygen atoms in total. The number of hydrogen-bond donors (Lipinski definition) is 1. The Bertz CT molecular complexity index is 749. The van der Waals surface area contributed by atoms with Crippen LogP contribution in [0.3, 0.4) is 0 Å². The largest absolute Gasteiger partial charge is 0.468 e. The van der Waals surface area contributed by atoms with E-state index in [-0.39, 0.29) is 29.9 Å². The van der Waals surface area contributed by atoms with Gasteiger partial charge in [-0.15, -0.1) is 35.3 Å². The molecule has 154 valence electrons. The fourth-order valence-electron chi connectivity index (χ4n) is 2.52. The summed E-state index contributed by atoms with van der Waals surface area (Å²) in [5, 5.41) is 2.95. The van der Waals surface area contributed by atoms with Crippen molar-refractivity contribution in [1.29, 1.82) is 0 Å². The lowest BCUT2D eigenvalue weighted by Gasteiger charge is -2.35. The van der Waals surface area contributed by atoms with E-state index in [0.717, 1.165) is 36.9 Å². The molecule has 2 aromatic heterocycles. The summed E-state index contributed by atoms with van der Waals surface area (Å²) >= 11 is 1.61. The highest BCUT2D eigenvalue weighted by molar-refractivity contribution is 14.0. The molecule has 1 saturated heterocycles. The van der Waals surface area contributed by atoms with Gasteiger partial charge in [0.05, 0.1) is 6.54 Å². The lowest BCUT2D eigenvalue weighted by Crippen LogP contribution is -2.51. The smallest absolute Gasteiger partial charge is 0.422 e. The number of nitrogens with zero attached hydrogens (tertiary/aromatic N) is 5. The van der Waals surface area contributed by atoms with E-state index in [9.17, 15) is 13.2 Å². The van der Waals surface area contributed by atoms with Crippen molar-refractivity contribution in [3.05, 3.63) is 35.5 Å². The Morgan fingerprint density at radius 1 is 1.21 bits per heavy atom. The quantitative estimate of drug-likeness (QED) is 0.366. The van der Waals surface area contributed by atoms with Crippen molar-refractivity contribution in [3.63, 3.8) is 0 Å². The molecule has 0 atom stereocenters. The Hall–Kier alpha value is -1.83. The average molecular weight is 528 g/mol. The topological polar surface area (TPSA) is 79.9 Å². The zero-order valence-corrected chi connectivity index (χ0v) is 17.9. The Kier molecular flexibility index (Phi) is 8.10. The monoisotopic (exact) mass is 528 g/mol. The van der Waals surface area contributed by atoms with Crippen molar-refractivity contribution in [1.82, 2.24) is 14.9 Å². The van der Waals surface area contributed by atoms with E-state index in [0.29, 0.717) is 12.5 Å². The summed E-state index contributed by atoms with van der Waals surface area (Å²) < 4.78 is 40.9. The van der Waals surface area contributed by atoms with Gasteiger partial charge in [0.15, 0.2) is 17.7 Å². The third kappa shape index (κ3) is 6.65. The van der Waals surface area contributed by atoms with Gasteiger partial charge in [0.2, 0.25) is 5.88 Å². The maximum Gasteiger partial charge on any atom is 0.422 e. The molecule has 0 aromatic carbocycles. The number of hydrogen-bond acceptors (Lipinski definition) is 6. The molecule has 3 heterocycles. The summed E-state index contributed by atoms with van der Waals surface area (Å²) in [6, 6.07) is 3.01. The van der Waals surface area contributed by atoms with Crippen LogP contribution in [0.25, 0.3) is 0 Å². The molecule has 0 radical (unpaired) electrons. The molecule has 0 unspecified atom stereocenters. The fraction of sp³-hybridized carbons (Fsp3) is 0.438. The zero-order valence-electron chi connectivity index (χ0n) is 14.8. The third-order valence-corrected chi connectivity index (χ3v) is 4.73. The van der Waals surface area contributed by atoms with E-state index >= 15 is 0 Å². The van der Waals surface area contributed by atoms with Crippen molar-refractivity contribution in [3.8, 4) is 5.88 Å². The first-order valence-corrected chi connectivity index (χ1v) is 9.12. The first-order chi connectivity index (χ1) is 12.9. The van der Waals surface area contributed by atoms with Crippen LogP contribution in [0.5, 0.6) is 5.88 Å². The zero-order chi connectivity index (χ0) is 19.3. The lowest BCUT2D eigenvalue weighted by atomic mass is 10.3. The number of alkyl halides is 3. The molecule has 28 heavy (non-hydrogen) atoms. The Labute approximate surface area is 181 Å². The molecule has 0 spiro atoms. The van der Waals surface area contributed by atoms with Crippen molar-refractivity contribution in [2.24, 2.45) is 10.7 Å². The summed E-state index contributed by atoms with van der Waals surface area (Å²) in [7, 11) is 0. The second-order valence-corrected chi connectivity index (χ2v) is 6.74. The number of ether oxygens (including phenoxy) is 1. The van der Waals surface area contributed by atoms with Crippen LogP contribution in [-0.4, -0.2) is 59.8 Å². The number of pyridine rings is 1. The van der Waals surface area contributed by atoms with Crippen molar-refractivity contribution in [2.75, 3.05) is 37.7 Å². The second kappa shape index (κ2) is 10.1. The minimum Gasteiger partial charge on any atom is -0.468 e. The van der Waals surface area contributed by atoms with Crippen molar-refractivity contribution in [2.45, 2.75) is 12.7 Å². The Morgan fingerprint density at radius 3 is 2.54 bits per heavy atom. The molecular weight excluding hydrogens is 508 g/mol. The van der Waals surface area contributed by atoms with Gasteiger partial charge in [-0.1, -0.05) is 6.07 Å². The predicted molar refractivity (Wildman–Crippen MR) is 112 cm³/mol. The van der Waals surface area contributed by atoms with E-state index < -0.39 is 12.8 Å². The van der Waals surface area contributed by atoms with Gasteiger partial charge in [-0.2, -0.15) is 13.2 Å². The van der Waals surface area contributed by atoms with Crippen LogP contribution in [-0.2, 0) is 6.54 Å². The summed E-state index contributed by atoms with van der Waals surface area (Å²) in [5.41, 5.74) is 6.80. The number of guanidine groups is 1. The van der Waals surface area contributed by atoms with E-state index in [1.807, 2.05) is 10.3 Å². The first kappa shape index (κ1) is 22.5. The maximum absolute atomic E-state index is 12.1. The van der Waals surface area contributed by atoms with Crippen LogP contribution in [0, 0.1) is 0 Å². The molecule has 2 aromatic rings. The molecule has 2 N–H and O–H groups in total. The number of halogens is 4. The Balaban J connectivity index is 0.00000280. The maximum atomic E-state index is 12.1. The molecule has 0 aliphatic carbocycles. The average Bonchev–Trinajstić information content (AvgIpc) is 3.19. The molecular formula is C16H20F3IN6OS. The van der Waals surface area contributed by atoms with E-state index in [1.165, 1.54) is 12.3 Å². The highest BCUT2D eigenvalue weighted by Crippen LogP contribution is 2.19. The van der Waals surface area contributed by atoms with Gasteiger partial charge in [-0.3, -0.25) is 0 Å². The van der Waals surface area contributed by atoms with E-state index in [1.54, 1.807) is 23.6 Å². The fourth-order valence-corrected chi connectivity index (χ4v) is 3.21. The highest BCUT2D eigenvalue weighted by Gasteiger charge is 2.28. The number of piperazine rings is 1. The normalized spacial score (nSPS) is 15.3. The molecule has 1 aliphatic heterocycles. The number of rotatable bonds is 5. The van der Waals surface area contributed by atoms with Gasteiger partial charge in [0.25, 0.3) is 0 Å². The molecule has 3 rings (SSSR count). The van der Waals surface area contributed by atoms with E-state index in [4.69, 9.17) is 5.73 Å². The molecule has 1 aliphatic rings. The summed E-state index contributed by atoms with van der Waals surface area (Å²) in [6.45, 7) is 2.06. The van der Waals surface area contributed by atoms with Crippen LogP contribution >= 0.6 is 35.3 Å². The lowest BCUT2D eigenvalue weighted by molar-refractivity contribution is -0.154. The highest BCUT2D eigenvalue weighted by atomic mass is 127. The summed E-state index contributed by atoms with van der Waals surface area (Å²) in [5.74, 6) is 0.359. The SMILES string of the molecule is I.NC(=NCc1ccc(OCC(F)(F)F)nc1)N1CCN(c2nccs2)CC1. The predicted octanol–water partition coefficient (Wildman–Crippen LogP) is 2.73. The molecule has 0 saturated carbocycles. The minimum atomic E-state index is -4.39.